The number of rotatable bonds is 6. The molecule has 0 radical (unpaired) electrons. The number of carbonyl (C=O) groups is 1. The Labute approximate surface area is 189 Å². The van der Waals surface area contributed by atoms with Crippen LogP contribution in [-0.4, -0.2) is 20.0 Å². The lowest BCUT2D eigenvalue weighted by Crippen LogP contribution is -2.03. The van der Waals surface area contributed by atoms with Gasteiger partial charge in [0.25, 0.3) is 0 Å². The van der Waals surface area contributed by atoms with Crippen molar-refractivity contribution in [2.75, 3.05) is 14.2 Å². The monoisotopic (exact) mass is 422 g/mol. The number of ketones is 1. The molecule has 0 heterocycles. The molecule has 4 aromatic carbocycles. The molecule has 0 N–H and O–H groups in total. The molecule has 0 saturated heterocycles. The lowest BCUT2D eigenvalue weighted by Gasteiger charge is -2.14. The van der Waals surface area contributed by atoms with Gasteiger partial charge in [-0.2, -0.15) is 0 Å². The van der Waals surface area contributed by atoms with Gasteiger partial charge in [-0.15, -0.1) is 0 Å². The first-order valence-corrected chi connectivity index (χ1v) is 10.6. The maximum Gasteiger partial charge on any atom is 0.193 e. The maximum atomic E-state index is 13.4. The van der Waals surface area contributed by atoms with Gasteiger partial charge in [0.15, 0.2) is 5.78 Å². The molecule has 0 aliphatic rings. The molecule has 0 aliphatic heterocycles. The van der Waals surface area contributed by atoms with E-state index in [1.165, 1.54) is 5.56 Å². The highest BCUT2D eigenvalue weighted by molar-refractivity contribution is 6.10. The molecule has 0 aliphatic carbocycles. The third kappa shape index (κ3) is 4.15. The maximum absolute atomic E-state index is 13.4. The molecule has 0 aromatic heterocycles. The zero-order valence-electron chi connectivity index (χ0n) is 18.8. The fourth-order valence-electron chi connectivity index (χ4n) is 3.96. The van der Waals surface area contributed by atoms with E-state index in [-0.39, 0.29) is 5.78 Å². The van der Waals surface area contributed by atoms with Crippen molar-refractivity contribution in [3.8, 4) is 33.8 Å². The highest BCUT2D eigenvalue weighted by atomic mass is 16.5. The van der Waals surface area contributed by atoms with Crippen LogP contribution >= 0.6 is 0 Å². The Hall–Kier alpha value is -3.85. The summed E-state index contributed by atoms with van der Waals surface area (Å²) in [6.07, 6.45) is 0. The molecule has 4 aromatic rings. The van der Waals surface area contributed by atoms with Crippen molar-refractivity contribution in [2.45, 2.75) is 13.8 Å². The Bertz CT molecular complexity index is 1270. The summed E-state index contributed by atoms with van der Waals surface area (Å²) in [6.45, 7) is 4.12. The van der Waals surface area contributed by atoms with Crippen LogP contribution in [0.5, 0.6) is 11.5 Å². The SMILES string of the molecule is COc1ccccc1-c1cc(C(=O)c2ccc(-c3ccc(C)cc3)c(C)c2)ccc1OC. The van der Waals surface area contributed by atoms with Crippen LogP contribution in [0.25, 0.3) is 22.3 Å². The van der Waals surface area contributed by atoms with Gasteiger partial charge < -0.3 is 9.47 Å². The molecule has 3 nitrogen and oxygen atoms in total. The molecular formula is C29H26O3. The fourth-order valence-corrected chi connectivity index (χ4v) is 3.96. The summed E-state index contributed by atoms with van der Waals surface area (Å²) in [5, 5.41) is 0. The molecule has 0 bridgehead atoms. The first-order valence-electron chi connectivity index (χ1n) is 10.6. The largest absolute Gasteiger partial charge is 0.496 e. The molecule has 32 heavy (non-hydrogen) atoms. The van der Waals surface area contributed by atoms with Crippen molar-refractivity contribution in [3.63, 3.8) is 0 Å². The Morgan fingerprint density at radius 1 is 0.625 bits per heavy atom. The van der Waals surface area contributed by atoms with E-state index >= 15 is 0 Å². The first kappa shape index (κ1) is 21.4. The van der Waals surface area contributed by atoms with E-state index in [2.05, 4.69) is 31.2 Å². The van der Waals surface area contributed by atoms with Gasteiger partial charge in [0.1, 0.15) is 11.5 Å². The minimum absolute atomic E-state index is 0.0256. The molecule has 3 heteroatoms. The average molecular weight is 423 g/mol. The number of carbonyl (C=O) groups excluding carboxylic acids is 1. The van der Waals surface area contributed by atoms with Gasteiger partial charge in [0, 0.05) is 22.3 Å². The Morgan fingerprint density at radius 3 is 1.94 bits per heavy atom. The summed E-state index contributed by atoms with van der Waals surface area (Å²) in [5.74, 6) is 1.40. The second-order valence-electron chi connectivity index (χ2n) is 7.84. The van der Waals surface area contributed by atoms with Crippen LogP contribution in [0.15, 0.2) is 84.9 Å². The van der Waals surface area contributed by atoms with Crippen LogP contribution in [0.2, 0.25) is 0 Å². The van der Waals surface area contributed by atoms with E-state index in [1.807, 2.05) is 67.6 Å². The Kier molecular flexibility index (Phi) is 6.09. The van der Waals surface area contributed by atoms with Gasteiger partial charge >= 0.3 is 0 Å². The van der Waals surface area contributed by atoms with Gasteiger partial charge in [0.05, 0.1) is 14.2 Å². The summed E-state index contributed by atoms with van der Waals surface area (Å²) in [6, 6.07) is 27.6. The van der Waals surface area contributed by atoms with Gasteiger partial charge in [-0.25, -0.2) is 0 Å². The Balaban J connectivity index is 1.72. The average Bonchev–Trinajstić information content (AvgIpc) is 2.83. The summed E-state index contributed by atoms with van der Waals surface area (Å²) in [4.78, 5) is 13.4. The molecule has 4 rings (SSSR count). The number of hydrogen-bond donors (Lipinski definition) is 0. The van der Waals surface area contributed by atoms with Crippen LogP contribution in [0.3, 0.4) is 0 Å². The van der Waals surface area contributed by atoms with Crippen molar-refractivity contribution in [2.24, 2.45) is 0 Å². The predicted molar refractivity (Wildman–Crippen MR) is 130 cm³/mol. The van der Waals surface area contributed by atoms with Crippen LogP contribution in [-0.2, 0) is 0 Å². The minimum Gasteiger partial charge on any atom is -0.496 e. The second-order valence-corrected chi connectivity index (χ2v) is 7.84. The van der Waals surface area contributed by atoms with E-state index in [9.17, 15) is 4.79 Å². The van der Waals surface area contributed by atoms with Crippen molar-refractivity contribution in [1.82, 2.24) is 0 Å². The molecular weight excluding hydrogens is 396 g/mol. The molecule has 0 fully saturated rings. The van der Waals surface area contributed by atoms with Gasteiger partial charge in [-0.1, -0.05) is 60.2 Å². The van der Waals surface area contributed by atoms with E-state index in [0.29, 0.717) is 16.9 Å². The standard InChI is InChI=1S/C29H26O3/c1-19-9-11-21(12-10-19)24-15-13-22(17-20(24)2)29(30)23-14-16-28(32-4)26(18-23)25-7-5-6-8-27(25)31-3/h5-18H,1-4H3. The third-order valence-corrected chi connectivity index (χ3v) is 5.71. The second kappa shape index (κ2) is 9.11. The normalized spacial score (nSPS) is 10.6. The zero-order valence-corrected chi connectivity index (χ0v) is 18.8. The highest BCUT2D eigenvalue weighted by Crippen LogP contribution is 2.37. The summed E-state index contributed by atoms with van der Waals surface area (Å²) < 4.78 is 11.1. The van der Waals surface area contributed by atoms with Crippen molar-refractivity contribution >= 4 is 5.78 Å². The first-order chi connectivity index (χ1) is 15.5. The van der Waals surface area contributed by atoms with Crippen molar-refractivity contribution in [1.29, 1.82) is 0 Å². The minimum atomic E-state index is -0.0256. The van der Waals surface area contributed by atoms with Crippen LogP contribution in [0.1, 0.15) is 27.0 Å². The molecule has 0 saturated carbocycles. The molecule has 0 amide bonds. The zero-order chi connectivity index (χ0) is 22.7. The quantitative estimate of drug-likeness (QED) is 0.318. The summed E-state index contributed by atoms with van der Waals surface area (Å²) in [5.41, 5.74) is 7.54. The van der Waals surface area contributed by atoms with Crippen molar-refractivity contribution in [3.05, 3.63) is 107 Å². The summed E-state index contributed by atoms with van der Waals surface area (Å²) >= 11 is 0. The van der Waals surface area contributed by atoms with Crippen molar-refractivity contribution < 1.29 is 14.3 Å². The molecule has 160 valence electrons. The lowest BCUT2D eigenvalue weighted by atomic mass is 9.93. The topological polar surface area (TPSA) is 35.5 Å². The number of hydrogen-bond acceptors (Lipinski definition) is 3. The van der Waals surface area contributed by atoms with E-state index < -0.39 is 0 Å². The molecule has 0 spiro atoms. The Morgan fingerprint density at radius 2 is 1.25 bits per heavy atom. The van der Waals surface area contributed by atoms with E-state index in [1.54, 1.807) is 14.2 Å². The van der Waals surface area contributed by atoms with Gasteiger partial charge in [0.2, 0.25) is 0 Å². The van der Waals surface area contributed by atoms with E-state index in [4.69, 9.17) is 9.47 Å². The highest BCUT2D eigenvalue weighted by Gasteiger charge is 2.16. The molecule has 0 atom stereocenters. The number of aryl methyl sites for hydroxylation is 2. The van der Waals surface area contributed by atoms with E-state index in [0.717, 1.165) is 33.6 Å². The fraction of sp³-hybridized carbons (Fsp3) is 0.138. The number of methoxy groups -OCH3 is 2. The van der Waals surface area contributed by atoms with Crippen LogP contribution in [0, 0.1) is 13.8 Å². The molecule has 0 unspecified atom stereocenters. The van der Waals surface area contributed by atoms with Crippen LogP contribution < -0.4 is 9.47 Å². The third-order valence-electron chi connectivity index (χ3n) is 5.71. The number of benzene rings is 4. The smallest absolute Gasteiger partial charge is 0.193 e. The number of ether oxygens (including phenoxy) is 2. The van der Waals surface area contributed by atoms with Gasteiger partial charge in [-0.05, 0) is 60.9 Å². The lowest BCUT2D eigenvalue weighted by molar-refractivity contribution is 0.103. The predicted octanol–water partition coefficient (Wildman–Crippen LogP) is 6.89. The number of para-hydroxylation sites is 1. The summed E-state index contributed by atoms with van der Waals surface area (Å²) in [7, 11) is 3.27. The van der Waals surface area contributed by atoms with Gasteiger partial charge in [-0.3, -0.25) is 4.79 Å². The van der Waals surface area contributed by atoms with Crippen LogP contribution in [0.4, 0.5) is 0 Å².